The molecule has 2 atom stereocenters. The van der Waals surface area contributed by atoms with Crippen molar-refractivity contribution in [3.63, 3.8) is 0 Å². The van der Waals surface area contributed by atoms with Gasteiger partial charge in [-0.15, -0.1) is 0 Å². The van der Waals surface area contributed by atoms with Gasteiger partial charge in [0.1, 0.15) is 0 Å². The second-order valence-corrected chi connectivity index (χ2v) is 6.06. The molecule has 2 rings (SSSR count). The Morgan fingerprint density at radius 1 is 1.29 bits per heavy atom. The summed E-state index contributed by atoms with van der Waals surface area (Å²) in [4.78, 5) is 14.5. The van der Waals surface area contributed by atoms with Crippen molar-refractivity contribution in [1.29, 1.82) is 0 Å². The second kappa shape index (κ2) is 7.45. The van der Waals surface area contributed by atoms with Crippen LogP contribution >= 0.6 is 23.2 Å². The van der Waals surface area contributed by atoms with Crippen LogP contribution in [-0.4, -0.2) is 43.2 Å². The molecule has 0 aliphatic carbocycles. The SMILES string of the molecule is C[C@H](C(=O)N[C@H](C)c1ccc(Cl)cc1Cl)N1CCOCC1. The fourth-order valence-electron chi connectivity index (χ4n) is 2.40. The van der Waals surface area contributed by atoms with Crippen LogP contribution in [0.3, 0.4) is 0 Å². The van der Waals surface area contributed by atoms with Gasteiger partial charge in [0, 0.05) is 23.1 Å². The van der Waals surface area contributed by atoms with E-state index in [-0.39, 0.29) is 18.0 Å². The zero-order valence-corrected chi connectivity index (χ0v) is 13.7. The molecule has 0 saturated carbocycles. The summed E-state index contributed by atoms with van der Waals surface area (Å²) in [5, 5.41) is 4.16. The van der Waals surface area contributed by atoms with Crippen LogP contribution in [0.1, 0.15) is 25.5 Å². The van der Waals surface area contributed by atoms with Gasteiger partial charge in [0.05, 0.1) is 25.3 Å². The molecule has 1 fully saturated rings. The van der Waals surface area contributed by atoms with Gasteiger partial charge in [-0.05, 0) is 31.5 Å². The van der Waals surface area contributed by atoms with Crippen molar-refractivity contribution < 1.29 is 9.53 Å². The maximum atomic E-state index is 12.3. The van der Waals surface area contributed by atoms with Crippen molar-refractivity contribution in [2.24, 2.45) is 0 Å². The Balaban J connectivity index is 1.97. The van der Waals surface area contributed by atoms with Crippen LogP contribution in [0.4, 0.5) is 0 Å². The van der Waals surface area contributed by atoms with Crippen molar-refractivity contribution >= 4 is 29.1 Å². The number of morpholine rings is 1. The minimum atomic E-state index is -0.178. The number of ether oxygens (including phenoxy) is 1. The maximum Gasteiger partial charge on any atom is 0.237 e. The second-order valence-electron chi connectivity index (χ2n) is 5.22. The van der Waals surface area contributed by atoms with Gasteiger partial charge >= 0.3 is 0 Å². The van der Waals surface area contributed by atoms with E-state index in [1.54, 1.807) is 12.1 Å². The van der Waals surface area contributed by atoms with Crippen molar-refractivity contribution in [3.8, 4) is 0 Å². The first-order valence-corrected chi connectivity index (χ1v) is 7.81. The highest BCUT2D eigenvalue weighted by Crippen LogP contribution is 2.26. The Bertz CT molecular complexity index is 504. The molecule has 0 spiro atoms. The van der Waals surface area contributed by atoms with E-state index in [1.165, 1.54) is 0 Å². The van der Waals surface area contributed by atoms with Crippen molar-refractivity contribution in [3.05, 3.63) is 33.8 Å². The summed E-state index contributed by atoms with van der Waals surface area (Å²) in [6, 6.07) is 4.96. The molecular formula is C15H20Cl2N2O2. The van der Waals surface area contributed by atoms with E-state index in [4.69, 9.17) is 27.9 Å². The molecule has 0 radical (unpaired) electrons. The summed E-state index contributed by atoms with van der Waals surface area (Å²) in [5.74, 6) is -0.00424. The van der Waals surface area contributed by atoms with Gasteiger partial charge in [-0.3, -0.25) is 9.69 Å². The fraction of sp³-hybridized carbons (Fsp3) is 0.533. The molecule has 0 bridgehead atoms. The molecule has 1 aliphatic rings. The van der Waals surface area contributed by atoms with E-state index < -0.39 is 0 Å². The normalized spacial score (nSPS) is 19.0. The van der Waals surface area contributed by atoms with Crippen LogP contribution < -0.4 is 5.32 Å². The molecule has 1 heterocycles. The first-order valence-electron chi connectivity index (χ1n) is 7.06. The Labute approximate surface area is 135 Å². The third-order valence-electron chi connectivity index (χ3n) is 3.76. The van der Waals surface area contributed by atoms with Gasteiger partial charge in [0.2, 0.25) is 5.91 Å². The van der Waals surface area contributed by atoms with Crippen molar-refractivity contribution in [2.75, 3.05) is 26.3 Å². The molecule has 1 aliphatic heterocycles. The van der Waals surface area contributed by atoms with Gasteiger partial charge in [0.25, 0.3) is 0 Å². The predicted molar refractivity (Wildman–Crippen MR) is 84.9 cm³/mol. The largest absolute Gasteiger partial charge is 0.379 e. The van der Waals surface area contributed by atoms with Gasteiger partial charge in [-0.1, -0.05) is 29.3 Å². The van der Waals surface area contributed by atoms with Crippen LogP contribution in [0.5, 0.6) is 0 Å². The Morgan fingerprint density at radius 2 is 1.95 bits per heavy atom. The molecule has 6 heteroatoms. The molecule has 0 aromatic heterocycles. The third-order valence-corrected chi connectivity index (χ3v) is 4.32. The lowest BCUT2D eigenvalue weighted by atomic mass is 10.1. The first-order chi connectivity index (χ1) is 9.99. The average Bonchev–Trinajstić information content (AvgIpc) is 2.47. The van der Waals surface area contributed by atoms with Crippen molar-refractivity contribution in [1.82, 2.24) is 10.2 Å². The molecule has 21 heavy (non-hydrogen) atoms. The van der Waals surface area contributed by atoms with Crippen LogP contribution in [0, 0.1) is 0 Å². The number of carbonyl (C=O) groups excluding carboxylic acids is 1. The minimum absolute atomic E-state index is 0.00424. The summed E-state index contributed by atoms with van der Waals surface area (Å²) >= 11 is 12.1. The standard InChI is InChI=1S/C15H20Cl2N2O2/c1-10(13-4-3-12(16)9-14(13)17)18-15(20)11(2)19-5-7-21-8-6-19/h3-4,9-11H,5-8H2,1-2H3,(H,18,20)/t10-,11-/m1/s1. The summed E-state index contributed by atoms with van der Waals surface area (Å²) in [6.45, 7) is 6.75. The lowest BCUT2D eigenvalue weighted by Crippen LogP contribution is -2.50. The van der Waals surface area contributed by atoms with Crippen molar-refractivity contribution in [2.45, 2.75) is 25.9 Å². The number of amides is 1. The van der Waals surface area contributed by atoms with Crippen LogP contribution in [-0.2, 0) is 9.53 Å². The Hall–Kier alpha value is -0.810. The number of hydrogen-bond acceptors (Lipinski definition) is 3. The molecule has 1 aromatic rings. The predicted octanol–water partition coefficient (Wildman–Crippen LogP) is 2.89. The van der Waals surface area contributed by atoms with E-state index in [9.17, 15) is 4.79 Å². The summed E-state index contributed by atoms with van der Waals surface area (Å²) in [6.07, 6.45) is 0. The fourth-order valence-corrected chi connectivity index (χ4v) is 2.97. The van der Waals surface area contributed by atoms with E-state index in [0.717, 1.165) is 18.7 Å². The van der Waals surface area contributed by atoms with E-state index in [2.05, 4.69) is 10.2 Å². The van der Waals surface area contributed by atoms with Gasteiger partial charge in [-0.25, -0.2) is 0 Å². The number of nitrogens with one attached hydrogen (secondary N) is 1. The molecule has 116 valence electrons. The number of carbonyl (C=O) groups is 1. The van der Waals surface area contributed by atoms with Crippen LogP contribution in [0.15, 0.2) is 18.2 Å². The number of hydrogen-bond donors (Lipinski definition) is 1. The zero-order valence-electron chi connectivity index (χ0n) is 12.2. The zero-order chi connectivity index (χ0) is 15.4. The molecule has 1 saturated heterocycles. The van der Waals surface area contributed by atoms with E-state index >= 15 is 0 Å². The highest BCUT2D eigenvalue weighted by Gasteiger charge is 2.24. The van der Waals surface area contributed by atoms with Gasteiger partial charge in [-0.2, -0.15) is 0 Å². The molecule has 4 nitrogen and oxygen atoms in total. The Kier molecular flexibility index (Phi) is 5.88. The monoisotopic (exact) mass is 330 g/mol. The van der Waals surface area contributed by atoms with Crippen LogP contribution in [0.25, 0.3) is 0 Å². The maximum absolute atomic E-state index is 12.3. The molecular weight excluding hydrogens is 311 g/mol. The number of benzene rings is 1. The average molecular weight is 331 g/mol. The topological polar surface area (TPSA) is 41.6 Å². The molecule has 0 unspecified atom stereocenters. The van der Waals surface area contributed by atoms with Crippen LogP contribution in [0.2, 0.25) is 10.0 Å². The Morgan fingerprint density at radius 3 is 2.57 bits per heavy atom. The number of rotatable bonds is 4. The summed E-state index contributed by atoms with van der Waals surface area (Å²) in [5.41, 5.74) is 0.864. The first kappa shape index (κ1) is 16.6. The quantitative estimate of drug-likeness (QED) is 0.922. The smallest absolute Gasteiger partial charge is 0.237 e. The summed E-state index contributed by atoms with van der Waals surface area (Å²) in [7, 11) is 0. The minimum Gasteiger partial charge on any atom is -0.379 e. The highest BCUT2D eigenvalue weighted by atomic mass is 35.5. The van der Waals surface area contributed by atoms with E-state index in [0.29, 0.717) is 23.3 Å². The molecule has 1 N–H and O–H groups in total. The lowest BCUT2D eigenvalue weighted by molar-refractivity contribution is -0.128. The molecule has 1 aromatic carbocycles. The molecule has 1 amide bonds. The van der Waals surface area contributed by atoms with E-state index in [1.807, 2.05) is 19.9 Å². The van der Waals surface area contributed by atoms with Gasteiger partial charge in [0.15, 0.2) is 0 Å². The number of nitrogens with zero attached hydrogens (tertiary/aromatic N) is 1. The lowest BCUT2D eigenvalue weighted by Gasteiger charge is -2.32. The number of halogens is 2. The third kappa shape index (κ3) is 4.33. The highest BCUT2D eigenvalue weighted by molar-refractivity contribution is 6.35. The van der Waals surface area contributed by atoms with Gasteiger partial charge < -0.3 is 10.1 Å². The summed E-state index contributed by atoms with van der Waals surface area (Å²) < 4.78 is 5.30.